The van der Waals surface area contributed by atoms with Gasteiger partial charge in [0, 0.05) is 24.5 Å². The van der Waals surface area contributed by atoms with Gasteiger partial charge in [0.05, 0.1) is 17.9 Å². The minimum atomic E-state index is -3.73. The third-order valence-corrected chi connectivity index (χ3v) is 7.04. The quantitative estimate of drug-likeness (QED) is 0.365. The summed E-state index contributed by atoms with van der Waals surface area (Å²) in [5, 5.41) is 24.0. The normalized spacial score (nSPS) is 18.5. The molecule has 0 bridgehead atoms. The van der Waals surface area contributed by atoms with Gasteiger partial charge in [-0.05, 0) is 30.9 Å². The summed E-state index contributed by atoms with van der Waals surface area (Å²) in [5.41, 5.74) is 0.397. The van der Waals surface area contributed by atoms with Crippen molar-refractivity contribution in [2.45, 2.75) is 76.5 Å². The number of aromatic nitrogens is 1. The molecule has 3 atom stereocenters. The molecule has 1 amide bonds. The Labute approximate surface area is 179 Å². The lowest BCUT2D eigenvalue weighted by Crippen LogP contribution is -2.52. The second-order valence-corrected chi connectivity index (χ2v) is 9.99. The zero-order chi connectivity index (χ0) is 22.0. The van der Waals surface area contributed by atoms with E-state index in [-0.39, 0.29) is 5.91 Å². The van der Waals surface area contributed by atoms with Crippen molar-refractivity contribution in [1.29, 1.82) is 0 Å². The lowest BCUT2D eigenvalue weighted by atomic mass is 9.83. The van der Waals surface area contributed by atoms with E-state index in [0.717, 1.165) is 32.1 Å². The molecular weight excluding hydrogens is 406 g/mol. The van der Waals surface area contributed by atoms with Crippen molar-refractivity contribution >= 4 is 15.9 Å². The molecule has 1 heterocycles. The van der Waals surface area contributed by atoms with Crippen LogP contribution in [0.25, 0.3) is 0 Å². The van der Waals surface area contributed by atoms with Crippen LogP contribution in [-0.2, 0) is 10.0 Å². The lowest BCUT2D eigenvalue weighted by Gasteiger charge is -2.32. The van der Waals surface area contributed by atoms with Gasteiger partial charge in [-0.3, -0.25) is 9.78 Å². The Morgan fingerprint density at radius 3 is 2.50 bits per heavy atom. The van der Waals surface area contributed by atoms with Crippen LogP contribution in [-0.4, -0.2) is 60.1 Å². The molecule has 170 valence electrons. The number of hydrogen-bond donors (Lipinski definition) is 4. The first-order valence-electron chi connectivity index (χ1n) is 10.9. The molecule has 9 heteroatoms. The SMILES string of the molecule is CCCCNS(=O)(=O)C[C@@H](O)[C@@H](O)[C@H](CC1CCCCC1)NC(=O)c1ccncc1. The van der Waals surface area contributed by atoms with Crippen LogP contribution in [0.4, 0.5) is 0 Å². The highest BCUT2D eigenvalue weighted by molar-refractivity contribution is 7.89. The van der Waals surface area contributed by atoms with Gasteiger partial charge in [0.2, 0.25) is 10.0 Å². The predicted molar refractivity (Wildman–Crippen MR) is 115 cm³/mol. The number of nitrogens with zero attached hydrogens (tertiary/aromatic N) is 1. The predicted octanol–water partition coefficient (Wildman–Crippen LogP) is 1.59. The van der Waals surface area contributed by atoms with E-state index in [1.54, 1.807) is 12.1 Å². The molecule has 1 fully saturated rings. The second-order valence-electron chi connectivity index (χ2n) is 8.14. The molecule has 0 aromatic carbocycles. The van der Waals surface area contributed by atoms with Crippen molar-refractivity contribution in [2.75, 3.05) is 12.3 Å². The molecule has 1 aromatic heterocycles. The third-order valence-electron chi connectivity index (χ3n) is 5.62. The van der Waals surface area contributed by atoms with Crippen molar-refractivity contribution in [1.82, 2.24) is 15.0 Å². The molecule has 1 aliphatic rings. The smallest absolute Gasteiger partial charge is 0.251 e. The van der Waals surface area contributed by atoms with E-state index in [4.69, 9.17) is 0 Å². The van der Waals surface area contributed by atoms with Crippen LogP contribution in [0.3, 0.4) is 0 Å². The first-order chi connectivity index (χ1) is 14.3. The van der Waals surface area contributed by atoms with Gasteiger partial charge in [0.1, 0.15) is 6.10 Å². The molecule has 1 aliphatic carbocycles. The maximum Gasteiger partial charge on any atom is 0.251 e. The van der Waals surface area contributed by atoms with Crippen molar-refractivity contribution in [3.63, 3.8) is 0 Å². The zero-order valence-electron chi connectivity index (χ0n) is 17.7. The van der Waals surface area contributed by atoms with Crippen molar-refractivity contribution < 1.29 is 23.4 Å². The fraction of sp³-hybridized carbons (Fsp3) is 0.714. The van der Waals surface area contributed by atoms with E-state index in [0.29, 0.717) is 30.9 Å². The molecule has 0 unspecified atom stereocenters. The Balaban J connectivity index is 2.06. The van der Waals surface area contributed by atoms with Crippen LogP contribution >= 0.6 is 0 Å². The summed E-state index contributed by atoms with van der Waals surface area (Å²) in [6.45, 7) is 2.25. The summed E-state index contributed by atoms with van der Waals surface area (Å²) in [7, 11) is -3.73. The van der Waals surface area contributed by atoms with Crippen LogP contribution < -0.4 is 10.0 Å². The Morgan fingerprint density at radius 1 is 1.20 bits per heavy atom. The van der Waals surface area contributed by atoms with Crippen LogP contribution in [0.5, 0.6) is 0 Å². The van der Waals surface area contributed by atoms with Gasteiger partial charge in [-0.2, -0.15) is 0 Å². The summed E-state index contributed by atoms with van der Waals surface area (Å²) < 4.78 is 26.8. The largest absolute Gasteiger partial charge is 0.389 e. The second kappa shape index (κ2) is 12.3. The molecular formula is C21H35N3O5S. The van der Waals surface area contributed by atoms with E-state index in [1.165, 1.54) is 18.8 Å². The van der Waals surface area contributed by atoms with Gasteiger partial charge < -0.3 is 15.5 Å². The Morgan fingerprint density at radius 2 is 1.87 bits per heavy atom. The van der Waals surface area contributed by atoms with Gasteiger partial charge in [-0.1, -0.05) is 45.4 Å². The van der Waals surface area contributed by atoms with Crippen LogP contribution in [0.1, 0.15) is 68.6 Å². The summed E-state index contributed by atoms with van der Waals surface area (Å²) in [6.07, 6.45) is 7.54. The molecule has 0 aliphatic heterocycles. The topological polar surface area (TPSA) is 129 Å². The molecule has 0 spiro atoms. The summed E-state index contributed by atoms with van der Waals surface area (Å²) in [4.78, 5) is 16.5. The average Bonchev–Trinajstić information content (AvgIpc) is 2.73. The fourth-order valence-electron chi connectivity index (χ4n) is 3.88. The van der Waals surface area contributed by atoms with E-state index >= 15 is 0 Å². The molecule has 8 nitrogen and oxygen atoms in total. The minimum Gasteiger partial charge on any atom is -0.389 e. The fourth-order valence-corrected chi connectivity index (χ4v) is 5.10. The van der Waals surface area contributed by atoms with Crippen LogP contribution in [0.15, 0.2) is 24.5 Å². The van der Waals surface area contributed by atoms with Gasteiger partial charge in [-0.25, -0.2) is 13.1 Å². The highest BCUT2D eigenvalue weighted by Gasteiger charge is 2.33. The minimum absolute atomic E-state index is 0.298. The summed E-state index contributed by atoms with van der Waals surface area (Å²) >= 11 is 0. The zero-order valence-corrected chi connectivity index (χ0v) is 18.5. The van der Waals surface area contributed by atoms with Gasteiger partial charge in [-0.15, -0.1) is 0 Å². The third kappa shape index (κ3) is 8.29. The number of carbonyl (C=O) groups is 1. The average molecular weight is 442 g/mol. The summed E-state index contributed by atoms with van der Waals surface area (Å²) in [6, 6.07) is 2.39. The first-order valence-corrected chi connectivity index (χ1v) is 12.5. The van der Waals surface area contributed by atoms with Gasteiger partial charge >= 0.3 is 0 Å². The van der Waals surface area contributed by atoms with E-state index in [2.05, 4.69) is 15.0 Å². The number of carbonyl (C=O) groups excluding carboxylic acids is 1. The first kappa shape index (κ1) is 24.7. The molecule has 2 rings (SSSR count). The number of pyridine rings is 1. The number of unbranched alkanes of at least 4 members (excludes halogenated alkanes) is 1. The molecule has 30 heavy (non-hydrogen) atoms. The number of hydrogen-bond acceptors (Lipinski definition) is 6. The highest BCUT2D eigenvalue weighted by Crippen LogP contribution is 2.28. The van der Waals surface area contributed by atoms with Crippen LogP contribution in [0.2, 0.25) is 0 Å². The number of nitrogens with one attached hydrogen (secondary N) is 2. The Bertz CT molecular complexity index is 738. The number of aliphatic hydroxyl groups excluding tert-OH is 2. The number of amides is 1. The van der Waals surface area contributed by atoms with E-state index in [9.17, 15) is 23.4 Å². The lowest BCUT2D eigenvalue weighted by molar-refractivity contribution is 0.00201. The van der Waals surface area contributed by atoms with Crippen molar-refractivity contribution in [2.24, 2.45) is 5.92 Å². The molecule has 1 saturated carbocycles. The van der Waals surface area contributed by atoms with Gasteiger partial charge in [0.15, 0.2) is 0 Å². The van der Waals surface area contributed by atoms with Crippen LogP contribution in [0, 0.1) is 5.92 Å². The maximum absolute atomic E-state index is 12.6. The number of sulfonamides is 1. The van der Waals surface area contributed by atoms with Crippen molar-refractivity contribution in [3.05, 3.63) is 30.1 Å². The molecule has 4 N–H and O–H groups in total. The Kier molecular flexibility index (Phi) is 10.2. The monoisotopic (exact) mass is 441 g/mol. The molecule has 0 radical (unpaired) electrons. The molecule has 0 saturated heterocycles. The molecule has 1 aromatic rings. The standard InChI is InChI=1S/C21H35N3O5S/c1-2-3-11-23-30(28,29)15-19(25)20(26)18(14-16-7-5-4-6-8-16)24-21(27)17-9-12-22-13-10-17/h9-10,12-13,16,18-20,23,25-26H,2-8,11,14-15H2,1H3,(H,24,27)/t18-,19+,20-/m0/s1. The van der Waals surface area contributed by atoms with Gasteiger partial charge in [0.25, 0.3) is 5.91 Å². The van der Waals surface area contributed by atoms with E-state index in [1.807, 2.05) is 6.92 Å². The maximum atomic E-state index is 12.6. The Hall–Kier alpha value is -1.55. The number of rotatable bonds is 12. The van der Waals surface area contributed by atoms with Crippen molar-refractivity contribution in [3.8, 4) is 0 Å². The van der Waals surface area contributed by atoms with E-state index < -0.39 is 34.0 Å². The number of aliphatic hydroxyl groups is 2. The highest BCUT2D eigenvalue weighted by atomic mass is 32.2. The summed E-state index contributed by atoms with van der Waals surface area (Å²) in [5.74, 6) is -0.666.